The van der Waals surface area contributed by atoms with Crippen molar-refractivity contribution in [3.8, 4) is 11.8 Å². The molecule has 6 nitrogen and oxygen atoms in total. The number of amides is 1. The molecule has 1 saturated heterocycles. The van der Waals surface area contributed by atoms with Crippen LogP contribution in [0, 0.1) is 11.3 Å². The van der Waals surface area contributed by atoms with Crippen LogP contribution >= 0.6 is 0 Å². The SMILES string of the molecule is CCOc1cc(C#N)ccc1N1CC(CO)OC1=O. The Bertz CT molecular complexity index is 524. The molecule has 1 heterocycles. The topological polar surface area (TPSA) is 82.8 Å². The predicted molar refractivity (Wildman–Crippen MR) is 67.0 cm³/mol. The first-order chi connectivity index (χ1) is 9.19. The maximum Gasteiger partial charge on any atom is 0.414 e. The molecule has 6 heteroatoms. The van der Waals surface area contributed by atoms with Crippen molar-refractivity contribution in [1.82, 2.24) is 0 Å². The molecule has 0 bridgehead atoms. The number of benzene rings is 1. The van der Waals surface area contributed by atoms with Crippen molar-refractivity contribution in [3.05, 3.63) is 23.8 Å². The first-order valence-corrected chi connectivity index (χ1v) is 5.95. The standard InChI is InChI=1S/C13H14N2O4/c1-2-18-12-5-9(6-14)3-4-11(12)15-7-10(8-16)19-13(15)17/h3-5,10,16H,2,7-8H2,1H3. The minimum Gasteiger partial charge on any atom is -0.492 e. The van der Waals surface area contributed by atoms with Gasteiger partial charge in [-0.1, -0.05) is 0 Å². The number of hydrogen-bond acceptors (Lipinski definition) is 5. The Kier molecular flexibility index (Phi) is 3.88. The lowest BCUT2D eigenvalue weighted by molar-refractivity contribution is 0.0963. The van der Waals surface area contributed by atoms with Crippen LogP contribution in [-0.4, -0.2) is 37.1 Å². The summed E-state index contributed by atoms with van der Waals surface area (Å²) >= 11 is 0. The summed E-state index contributed by atoms with van der Waals surface area (Å²) in [5.41, 5.74) is 1.00. The molecule has 0 spiro atoms. The first kappa shape index (κ1) is 13.2. The summed E-state index contributed by atoms with van der Waals surface area (Å²) in [5.74, 6) is 0.456. The molecule has 1 aliphatic heterocycles. The van der Waals surface area contributed by atoms with Crippen molar-refractivity contribution in [1.29, 1.82) is 5.26 Å². The van der Waals surface area contributed by atoms with Crippen LogP contribution in [-0.2, 0) is 4.74 Å². The van der Waals surface area contributed by atoms with Gasteiger partial charge < -0.3 is 14.6 Å². The number of cyclic esters (lactones) is 1. The number of aliphatic hydroxyl groups is 1. The van der Waals surface area contributed by atoms with E-state index in [-0.39, 0.29) is 13.2 Å². The normalized spacial score (nSPS) is 18.1. The smallest absolute Gasteiger partial charge is 0.414 e. The van der Waals surface area contributed by atoms with Crippen molar-refractivity contribution in [2.24, 2.45) is 0 Å². The molecule has 1 N–H and O–H groups in total. The molecule has 1 aliphatic rings. The van der Waals surface area contributed by atoms with Gasteiger partial charge in [-0.2, -0.15) is 5.26 Å². The van der Waals surface area contributed by atoms with Gasteiger partial charge in [0.15, 0.2) is 0 Å². The van der Waals surface area contributed by atoms with Crippen LogP contribution in [0.2, 0.25) is 0 Å². The van der Waals surface area contributed by atoms with Crippen molar-refractivity contribution in [2.45, 2.75) is 13.0 Å². The molecule has 1 aromatic carbocycles. The third-order valence-electron chi connectivity index (χ3n) is 2.76. The third-order valence-corrected chi connectivity index (χ3v) is 2.76. The molecular weight excluding hydrogens is 248 g/mol. The van der Waals surface area contributed by atoms with Gasteiger partial charge in [-0.3, -0.25) is 4.90 Å². The van der Waals surface area contributed by atoms with Crippen LogP contribution in [0.4, 0.5) is 10.5 Å². The number of nitriles is 1. The second-order valence-corrected chi connectivity index (χ2v) is 4.03. The lowest BCUT2D eigenvalue weighted by atomic mass is 10.2. The quantitative estimate of drug-likeness (QED) is 0.883. The number of anilines is 1. The van der Waals surface area contributed by atoms with E-state index in [0.29, 0.717) is 23.6 Å². The largest absolute Gasteiger partial charge is 0.492 e. The van der Waals surface area contributed by atoms with E-state index in [4.69, 9.17) is 19.8 Å². The molecule has 0 saturated carbocycles. The Balaban J connectivity index is 2.34. The molecule has 2 rings (SSSR count). The second-order valence-electron chi connectivity index (χ2n) is 4.03. The number of rotatable bonds is 4. The zero-order valence-corrected chi connectivity index (χ0v) is 10.5. The van der Waals surface area contributed by atoms with Crippen LogP contribution in [0.1, 0.15) is 12.5 Å². The fourth-order valence-electron chi connectivity index (χ4n) is 1.89. The van der Waals surface area contributed by atoms with Gasteiger partial charge in [0.2, 0.25) is 0 Å². The number of carbonyl (C=O) groups excluding carboxylic acids is 1. The van der Waals surface area contributed by atoms with Gasteiger partial charge in [0.25, 0.3) is 0 Å². The summed E-state index contributed by atoms with van der Waals surface area (Å²) < 4.78 is 10.4. The van der Waals surface area contributed by atoms with E-state index in [9.17, 15) is 4.79 Å². The Morgan fingerprint density at radius 3 is 3.00 bits per heavy atom. The molecular formula is C13H14N2O4. The van der Waals surface area contributed by atoms with E-state index in [1.165, 1.54) is 4.90 Å². The fourth-order valence-corrected chi connectivity index (χ4v) is 1.89. The molecule has 0 aliphatic carbocycles. The van der Waals surface area contributed by atoms with Crippen LogP contribution < -0.4 is 9.64 Å². The Labute approximate surface area is 110 Å². The number of nitrogens with zero attached hydrogens (tertiary/aromatic N) is 2. The van der Waals surface area contributed by atoms with Gasteiger partial charge in [0, 0.05) is 6.07 Å². The maximum absolute atomic E-state index is 11.7. The average Bonchev–Trinajstić information content (AvgIpc) is 2.80. The highest BCUT2D eigenvalue weighted by Crippen LogP contribution is 2.32. The molecule has 1 unspecified atom stereocenters. The highest BCUT2D eigenvalue weighted by atomic mass is 16.6. The predicted octanol–water partition coefficient (Wildman–Crippen LogP) is 1.27. The summed E-state index contributed by atoms with van der Waals surface area (Å²) in [4.78, 5) is 13.1. The van der Waals surface area contributed by atoms with Gasteiger partial charge in [-0.25, -0.2) is 4.79 Å². The van der Waals surface area contributed by atoms with Crippen molar-refractivity contribution < 1.29 is 19.4 Å². The zero-order valence-electron chi connectivity index (χ0n) is 10.5. The van der Waals surface area contributed by atoms with E-state index in [1.807, 2.05) is 13.0 Å². The van der Waals surface area contributed by atoms with Gasteiger partial charge >= 0.3 is 6.09 Å². The number of aliphatic hydroxyl groups excluding tert-OH is 1. The van der Waals surface area contributed by atoms with E-state index in [1.54, 1.807) is 18.2 Å². The van der Waals surface area contributed by atoms with E-state index in [2.05, 4.69) is 0 Å². The molecule has 1 aromatic rings. The third kappa shape index (κ3) is 2.61. The lowest BCUT2D eigenvalue weighted by Crippen LogP contribution is -2.26. The molecule has 0 aromatic heterocycles. The van der Waals surface area contributed by atoms with Gasteiger partial charge in [-0.05, 0) is 19.1 Å². The van der Waals surface area contributed by atoms with Crippen LogP contribution in [0.5, 0.6) is 5.75 Å². The monoisotopic (exact) mass is 262 g/mol. The lowest BCUT2D eigenvalue weighted by Gasteiger charge is -2.17. The minimum atomic E-state index is -0.530. The Morgan fingerprint density at radius 1 is 1.63 bits per heavy atom. The van der Waals surface area contributed by atoms with Crippen molar-refractivity contribution in [3.63, 3.8) is 0 Å². The summed E-state index contributed by atoms with van der Waals surface area (Å²) in [6, 6.07) is 6.85. The van der Waals surface area contributed by atoms with Crippen molar-refractivity contribution >= 4 is 11.8 Å². The Hall–Kier alpha value is -2.26. The van der Waals surface area contributed by atoms with E-state index in [0.717, 1.165) is 0 Å². The minimum absolute atomic E-state index is 0.220. The Morgan fingerprint density at radius 2 is 2.42 bits per heavy atom. The maximum atomic E-state index is 11.7. The summed E-state index contributed by atoms with van der Waals surface area (Å²) in [6.45, 7) is 2.29. The fraction of sp³-hybridized carbons (Fsp3) is 0.385. The zero-order chi connectivity index (χ0) is 13.8. The highest BCUT2D eigenvalue weighted by Gasteiger charge is 2.33. The van der Waals surface area contributed by atoms with E-state index < -0.39 is 12.2 Å². The van der Waals surface area contributed by atoms with Crippen LogP contribution in [0.25, 0.3) is 0 Å². The number of hydrogen-bond donors (Lipinski definition) is 1. The molecule has 1 amide bonds. The average molecular weight is 262 g/mol. The van der Waals surface area contributed by atoms with Gasteiger partial charge in [0.1, 0.15) is 11.9 Å². The number of carbonyl (C=O) groups is 1. The molecule has 0 radical (unpaired) electrons. The number of ether oxygens (including phenoxy) is 2. The van der Waals surface area contributed by atoms with Crippen LogP contribution in [0.15, 0.2) is 18.2 Å². The summed E-state index contributed by atoms with van der Waals surface area (Å²) in [6.07, 6.45) is -1.05. The van der Waals surface area contributed by atoms with E-state index >= 15 is 0 Å². The summed E-state index contributed by atoms with van der Waals surface area (Å²) in [7, 11) is 0. The molecule has 19 heavy (non-hydrogen) atoms. The molecule has 100 valence electrons. The van der Waals surface area contributed by atoms with Crippen LogP contribution in [0.3, 0.4) is 0 Å². The van der Waals surface area contributed by atoms with Gasteiger partial charge in [0.05, 0.1) is 37.1 Å². The van der Waals surface area contributed by atoms with Gasteiger partial charge in [-0.15, -0.1) is 0 Å². The summed E-state index contributed by atoms with van der Waals surface area (Å²) in [5, 5.41) is 17.9. The highest BCUT2D eigenvalue weighted by molar-refractivity contribution is 5.91. The second kappa shape index (κ2) is 5.59. The first-order valence-electron chi connectivity index (χ1n) is 5.95. The van der Waals surface area contributed by atoms with Crippen molar-refractivity contribution in [2.75, 3.05) is 24.7 Å². The molecule has 1 atom stereocenters. The molecule has 1 fully saturated rings.